The number of para-hydroxylation sites is 1. The molecule has 2 amide bonds. The molecule has 0 aliphatic rings. The van der Waals surface area contributed by atoms with Crippen LogP contribution in [0, 0.1) is 5.92 Å². The molecule has 0 bridgehead atoms. The van der Waals surface area contributed by atoms with E-state index in [1.165, 1.54) is 6.92 Å². The number of carboxylic acid groups (broad SMARTS) is 1. The summed E-state index contributed by atoms with van der Waals surface area (Å²) in [4.78, 5) is 66.7. The van der Waals surface area contributed by atoms with Crippen molar-refractivity contribution >= 4 is 28.7 Å². The van der Waals surface area contributed by atoms with E-state index in [1.54, 1.807) is 61.5 Å². The number of aliphatic carboxylic acids is 1. The number of aromatic amines is 1. The molecule has 0 fully saturated rings. The maximum atomic E-state index is 13.6. The molecule has 0 aliphatic heterocycles. The fourth-order valence-electron chi connectivity index (χ4n) is 3.91. The minimum atomic E-state index is -1.26. The van der Waals surface area contributed by atoms with Crippen molar-refractivity contribution in [2.24, 2.45) is 5.92 Å². The van der Waals surface area contributed by atoms with E-state index in [2.05, 4.69) is 15.6 Å². The maximum Gasteiger partial charge on any atom is 0.329 e. The molecule has 10 heteroatoms. The van der Waals surface area contributed by atoms with Crippen molar-refractivity contribution in [3.8, 4) is 0 Å². The van der Waals surface area contributed by atoms with E-state index in [4.69, 9.17) is 5.11 Å². The van der Waals surface area contributed by atoms with Gasteiger partial charge in [-0.15, -0.1) is 0 Å². The minimum absolute atomic E-state index is 0.0222. The largest absolute Gasteiger partial charge is 0.480 e. The number of benzene rings is 2. The number of aromatic nitrogens is 2. The standard InChI is InChI=1S/C26H30N4O6/c1-4-15(2)21(23(32)27-16(3)25(34)35)29-22(31)20(14-17-10-6-5-7-11-17)30-24(33)18-12-8-9-13-19(18)28-26(30)36/h5-13,15-16,20-21H,4,14H2,1-3H3,(H,27,32)(H,28,36)(H,29,31)(H,34,35)/t15-,16-,20-,21-/m0/s1. The average Bonchev–Trinajstić information content (AvgIpc) is 2.86. The second-order valence-corrected chi connectivity index (χ2v) is 8.80. The van der Waals surface area contributed by atoms with Gasteiger partial charge in [-0.1, -0.05) is 62.7 Å². The number of hydrogen-bond donors (Lipinski definition) is 4. The summed E-state index contributed by atoms with van der Waals surface area (Å²) in [5.41, 5.74) is -0.323. The van der Waals surface area contributed by atoms with Crippen LogP contribution in [0.3, 0.4) is 0 Å². The highest BCUT2D eigenvalue weighted by Gasteiger charge is 2.32. The molecule has 3 rings (SSSR count). The highest BCUT2D eigenvalue weighted by molar-refractivity contribution is 5.91. The van der Waals surface area contributed by atoms with Gasteiger partial charge < -0.3 is 20.7 Å². The van der Waals surface area contributed by atoms with Crippen molar-refractivity contribution in [3.63, 3.8) is 0 Å². The predicted molar refractivity (Wildman–Crippen MR) is 135 cm³/mol. The van der Waals surface area contributed by atoms with Gasteiger partial charge in [0.05, 0.1) is 10.9 Å². The Bertz CT molecular complexity index is 1360. The molecule has 1 aromatic heterocycles. The third-order valence-electron chi connectivity index (χ3n) is 6.25. The smallest absolute Gasteiger partial charge is 0.329 e. The first-order chi connectivity index (χ1) is 17.1. The van der Waals surface area contributed by atoms with Crippen molar-refractivity contribution in [1.29, 1.82) is 0 Å². The number of carboxylic acids is 1. The third kappa shape index (κ3) is 5.88. The first-order valence-electron chi connectivity index (χ1n) is 11.7. The van der Waals surface area contributed by atoms with Gasteiger partial charge in [0.25, 0.3) is 5.56 Å². The number of fused-ring (bicyclic) bond motifs is 1. The van der Waals surface area contributed by atoms with Crippen LogP contribution in [0.1, 0.15) is 38.8 Å². The van der Waals surface area contributed by atoms with Crippen LogP contribution in [-0.2, 0) is 20.8 Å². The molecule has 2 aromatic carbocycles. The summed E-state index contributed by atoms with van der Waals surface area (Å²) in [5.74, 6) is -2.93. The molecule has 0 unspecified atom stereocenters. The number of nitrogens with one attached hydrogen (secondary N) is 3. The second-order valence-electron chi connectivity index (χ2n) is 8.80. The van der Waals surface area contributed by atoms with Crippen molar-refractivity contribution < 1.29 is 19.5 Å². The van der Waals surface area contributed by atoms with Gasteiger partial charge in [0.1, 0.15) is 18.1 Å². The molecule has 0 saturated carbocycles. The lowest BCUT2D eigenvalue weighted by molar-refractivity contribution is -0.142. The molecular weight excluding hydrogens is 464 g/mol. The highest BCUT2D eigenvalue weighted by Crippen LogP contribution is 2.16. The lowest BCUT2D eigenvalue weighted by Gasteiger charge is -2.27. The predicted octanol–water partition coefficient (Wildman–Crippen LogP) is 1.59. The van der Waals surface area contributed by atoms with Crippen LogP contribution in [0.5, 0.6) is 0 Å². The van der Waals surface area contributed by atoms with Gasteiger partial charge in [-0.25, -0.2) is 9.36 Å². The number of hydrogen-bond acceptors (Lipinski definition) is 5. The number of carbonyl (C=O) groups is 3. The van der Waals surface area contributed by atoms with Gasteiger partial charge >= 0.3 is 11.7 Å². The Hall–Kier alpha value is -4.21. The van der Waals surface area contributed by atoms with Crippen LogP contribution in [0.15, 0.2) is 64.2 Å². The van der Waals surface area contributed by atoms with Crippen LogP contribution >= 0.6 is 0 Å². The van der Waals surface area contributed by atoms with Gasteiger partial charge in [-0.3, -0.25) is 19.2 Å². The number of rotatable bonds is 10. The summed E-state index contributed by atoms with van der Waals surface area (Å²) in [7, 11) is 0. The zero-order valence-corrected chi connectivity index (χ0v) is 20.4. The molecule has 10 nitrogen and oxygen atoms in total. The van der Waals surface area contributed by atoms with Crippen molar-refractivity contribution in [1.82, 2.24) is 20.2 Å². The molecule has 1 heterocycles. The third-order valence-corrected chi connectivity index (χ3v) is 6.25. The second kappa shape index (κ2) is 11.5. The fraction of sp³-hybridized carbons (Fsp3) is 0.346. The highest BCUT2D eigenvalue weighted by atomic mass is 16.4. The Labute approximate surface area is 207 Å². The zero-order chi connectivity index (χ0) is 26.4. The lowest BCUT2D eigenvalue weighted by atomic mass is 9.96. The topological polar surface area (TPSA) is 150 Å². The molecule has 4 N–H and O–H groups in total. The van der Waals surface area contributed by atoms with Gasteiger partial charge in [-0.05, 0) is 30.5 Å². The van der Waals surface area contributed by atoms with Crippen molar-refractivity contribution in [2.75, 3.05) is 0 Å². The van der Waals surface area contributed by atoms with E-state index >= 15 is 0 Å². The van der Waals surface area contributed by atoms with E-state index < -0.39 is 47.2 Å². The van der Waals surface area contributed by atoms with Crippen LogP contribution in [0.25, 0.3) is 10.9 Å². The van der Waals surface area contributed by atoms with Crippen LogP contribution in [-0.4, -0.2) is 44.5 Å². The first kappa shape index (κ1) is 26.4. The molecule has 4 atom stereocenters. The number of nitrogens with zero attached hydrogens (tertiary/aromatic N) is 1. The van der Waals surface area contributed by atoms with Gasteiger partial charge in [0.2, 0.25) is 11.8 Å². The number of carbonyl (C=O) groups excluding carboxylic acids is 2. The summed E-state index contributed by atoms with van der Waals surface area (Å²) in [6.07, 6.45) is 0.536. The first-order valence-corrected chi connectivity index (χ1v) is 11.7. The normalized spacial score (nSPS) is 14.4. The molecule has 36 heavy (non-hydrogen) atoms. The van der Waals surface area contributed by atoms with Crippen molar-refractivity contribution in [2.45, 2.75) is 51.7 Å². The molecule has 0 saturated heterocycles. The summed E-state index contributed by atoms with van der Waals surface area (Å²) in [6.45, 7) is 4.90. The number of H-pyrrole nitrogens is 1. The van der Waals surface area contributed by atoms with Crippen molar-refractivity contribution in [3.05, 3.63) is 81.0 Å². The van der Waals surface area contributed by atoms with Gasteiger partial charge in [-0.2, -0.15) is 0 Å². The fourth-order valence-corrected chi connectivity index (χ4v) is 3.91. The zero-order valence-electron chi connectivity index (χ0n) is 20.4. The Balaban J connectivity index is 2.05. The Morgan fingerprint density at radius 1 is 0.944 bits per heavy atom. The summed E-state index contributed by atoms with van der Waals surface area (Å²) >= 11 is 0. The van der Waals surface area contributed by atoms with Gasteiger partial charge in [0, 0.05) is 6.42 Å². The summed E-state index contributed by atoms with van der Waals surface area (Å²) < 4.78 is 0.871. The SMILES string of the molecule is CC[C@H](C)[C@H](NC(=O)[C@H](Cc1ccccc1)n1c(=O)[nH]c2ccccc2c1=O)C(=O)N[C@@H](C)C(=O)O. The monoisotopic (exact) mass is 494 g/mol. The minimum Gasteiger partial charge on any atom is -0.480 e. The molecule has 3 aromatic rings. The quantitative estimate of drug-likeness (QED) is 0.336. The summed E-state index contributed by atoms with van der Waals surface area (Å²) in [6, 6.07) is 11.9. The van der Waals surface area contributed by atoms with E-state index in [0.29, 0.717) is 17.5 Å². The Kier molecular flexibility index (Phi) is 8.42. The van der Waals surface area contributed by atoms with E-state index in [9.17, 15) is 24.0 Å². The molecule has 0 radical (unpaired) electrons. The lowest BCUT2D eigenvalue weighted by Crippen LogP contribution is -2.56. The molecule has 0 spiro atoms. The van der Waals surface area contributed by atoms with Crippen LogP contribution in [0.2, 0.25) is 0 Å². The maximum absolute atomic E-state index is 13.6. The Morgan fingerprint density at radius 2 is 1.58 bits per heavy atom. The molecule has 0 aliphatic carbocycles. The van der Waals surface area contributed by atoms with E-state index in [-0.39, 0.29) is 17.7 Å². The van der Waals surface area contributed by atoms with Crippen LogP contribution < -0.4 is 21.9 Å². The Morgan fingerprint density at radius 3 is 2.22 bits per heavy atom. The number of amides is 2. The van der Waals surface area contributed by atoms with Gasteiger partial charge in [0.15, 0.2) is 0 Å². The molecular formula is C26H30N4O6. The van der Waals surface area contributed by atoms with E-state index in [1.807, 2.05) is 6.92 Å². The summed E-state index contributed by atoms with van der Waals surface area (Å²) in [5, 5.41) is 14.5. The molecule has 190 valence electrons. The van der Waals surface area contributed by atoms with Crippen LogP contribution in [0.4, 0.5) is 0 Å². The van der Waals surface area contributed by atoms with E-state index in [0.717, 1.165) is 4.57 Å². The average molecular weight is 495 g/mol.